The van der Waals surface area contributed by atoms with Gasteiger partial charge in [0, 0.05) is 36.1 Å². The third kappa shape index (κ3) is 3.71. The Hall–Kier alpha value is -2.92. The van der Waals surface area contributed by atoms with Crippen LogP contribution >= 0.6 is 0 Å². The van der Waals surface area contributed by atoms with Gasteiger partial charge in [0.05, 0.1) is 11.6 Å². The minimum absolute atomic E-state index is 0.269. The first-order valence-electron chi connectivity index (χ1n) is 9.29. The molecule has 2 atom stereocenters. The molecule has 5 N–H and O–H groups in total. The van der Waals surface area contributed by atoms with Crippen molar-refractivity contribution in [3.8, 4) is 23.2 Å². The maximum absolute atomic E-state index is 9.90. The zero-order chi connectivity index (χ0) is 19.7. The van der Waals surface area contributed by atoms with Crippen molar-refractivity contribution in [2.45, 2.75) is 37.5 Å². The number of nitrogens with zero attached hydrogens (tertiary/aromatic N) is 3. The van der Waals surface area contributed by atoms with Gasteiger partial charge >= 0.3 is 0 Å². The maximum Gasteiger partial charge on any atom is 0.167 e. The van der Waals surface area contributed by atoms with Crippen LogP contribution in [0.4, 0.5) is 0 Å². The Balaban J connectivity index is 1.56. The van der Waals surface area contributed by atoms with Gasteiger partial charge in [-0.15, -0.1) is 0 Å². The van der Waals surface area contributed by atoms with E-state index in [4.69, 9.17) is 16.0 Å². The van der Waals surface area contributed by atoms with E-state index in [0.717, 1.165) is 24.0 Å². The molecule has 28 heavy (non-hydrogen) atoms. The zero-order valence-corrected chi connectivity index (χ0v) is 15.7. The van der Waals surface area contributed by atoms with Gasteiger partial charge in [0.25, 0.3) is 0 Å². The molecule has 0 bridgehead atoms. The fourth-order valence-corrected chi connectivity index (χ4v) is 3.04. The van der Waals surface area contributed by atoms with Crippen LogP contribution in [-0.2, 0) is 0 Å². The van der Waals surface area contributed by atoms with Crippen molar-refractivity contribution in [3.63, 3.8) is 0 Å². The van der Waals surface area contributed by atoms with E-state index in [1.54, 1.807) is 19.3 Å². The first kappa shape index (κ1) is 18.4. The zero-order valence-electron chi connectivity index (χ0n) is 15.7. The molecule has 0 aliphatic heterocycles. The number of aromatic nitrogens is 3. The molecule has 1 saturated carbocycles. The number of rotatable bonds is 5. The lowest BCUT2D eigenvalue weighted by atomic mass is 10.1. The van der Waals surface area contributed by atoms with E-state index in [9.17, 15) is 5.11 Å². The van der Waals surface area contributed by atoms with E-state index in [1.165, 1.54) is 0 Å². The topological polar surface area (TPSA) is 116 Å². The van der Waals surface area contributed by atoms with Crippen LogP contribution in [0.2, 0.25) is 0 Å². The lowest BCUT2D eigenvalue weighted by Crippen LogP contribution is -2.22. The Bertz CT molecular complexity index is 1020. The standard InChI is InChI=1S/C21H23N5O2/c1-14(27)20-24-10-11-26(20)18(13-22)17-12-19(28-25-17)16-4-2-15(3-5-16)6-7-21(23)8-9-21/h2-5,10-12,14,18,27H,8-9,13,22-23H2,1H3/t14-,18+/m0/s1. The Morgan fingerprint density at radius 1 is 1.32 bits per heavy atom. The molecule has 0 saturated heterocycles. The molecule has 1 aliphatic carbocycles. The van der Waals surface area contributed by atoms with Crippen molar-refractivity contribution in [1.82, 2.24) is 14.7 Å². The van der Waals surface area contributed by atoms with E-state index in [1.807, 2.05) is 34.9 Å². The molecular formula is C21H23N5O2. The van der Waals surface area contributed by atoms with Gasteiger partial charge in [-0.2, -0.15) is 0 Å². The maximum atomic E-state index is 9.90. The Morgan fingerprint density at radius 2 is 2.07 bits per heavy atom. The second-order valence-electron chi connectivity index (χ2n) is 7.22. The summed E-state index contributed by atoms with van der Waals surface area (Å²) < 4.78 is 7.36. The highest BCUT2D eigenvalue weighted by Crippen LogP contribution is 2.31. The van der Waals surface area contributed by atoms with E-state index in [2.05, 4.69) is 22.0 Å². The number of hydrogen-bond donors (Lipinski definition) is 3. The van der Waals surface area contributed by atoms with Crippen molar-refractivity contribution in [1.29, 1.82) is 0 Å². The summed E-state index contributed by atoms with van der Waals surface area (Å²) in [5, 5.41) is 14.1. The third-order valence-corrected chi connectivity index (χ3v) is 4.91. The average molecular weight is 377 g/mol. The van der Waals surface area contributed by atoms with Crippen LogP contribution < -0.4 is 11.5 Å². The number of nitrogens with two attached hydrogens (primary N) is 2. The van der Waals surface area contributed by atoms with Crippen LogP contribution in [0.5, 0.6) is 0 Å². The number of benzene rings is 1. The van der Waals surface area contributed by atoms with Gasteiger partial charge in [0.2, 0.25) is 0 Å². The predicted molar refractivity (Wildman–Crippen MR) is 105 cm³/mol. The van der Waals surface area contributed by atoms with Gasteiger partial charge in [-0.05, 0) is 44.0 Å². The molecule has 3 aromatic rings. The molecule has 1 aromatic carbocycles. The fraction of sp³-hybridized carbons (Fsp3) is 0.333. The summed E-state index contributed by atoms with van der Waals surface area (Å²) in [5.74, 6) is 7.42. The molecule has 0 unspecified atom stereocenters. The van der Waals surface area contributed by atoms with Gasteiger partial charge in [-0.25, -0.2) is 4.98 Å². The van der Waals surface area contributed by atoms with Gasteiger partial charge in [-0.1, -0.05) is 17.0 Å². The largest absolute Gasteiger partial charge is 0.385 e. The third-order valence-electron chi connectivity index (χ3n) is 4.91. The van der Waals surface area contributed by atoms with E-state index in [0.29, 0.717) is 23.8 Å². The smallest absolute Gasteiger partial charge is 0.167 e. The van der Waals surface area contributed by atoms with Gasteiger partial charge in [0.15, 0.2) is 5.76 Å². The van der Waals surface area contributed by atoms with E-state index in [-0.39, 0.29) is 11.6 Å². The van der Waals surface area contributed by atoms with Gasteiger partial charge < -0.3 is 25.7 Å². The minimum Gasteiger partial charge on any atom is -0.385 e. The second-order valence-corrected chi connectivity index (χ2v) is 7.22. The van der Waals surface area contributed by atoms with Crippen LogP contribution in [0.15, 0.2) is 47.2 Å². The highest BCUT2D eigenvalue weighted by Gasteiger charge is 2.36. The molecule has 7 heteroatoms. The summed E-state index contributed by atoms with van der Waals surface area (Å²) in [5.41, 5.74) is 14.2. The normalized spacial score (nSPS) is 16.9. The van der Waals surface area contributed by atoms with Crippen molar-refractivity contribution >= 4 is 0 Å². The molecule has 1 aliphatic rings. The summed E-state index contributed by atoms with van der Waals surface area (Å²) >= 11 is 0. The van der Waals surface area contributed by atoms with Crippen molar-refractivity contribution in [3.05, 3.63) is 59.8 Å². The molecule has 0 spiro atoms. The minimum atomic E-state index is -0.702. The molecule has 1 fully saturated rings. The summed E-state index contributed by atoms with van der Waals surface area (Å²) in [6, 6.07) is 9.37. The number of hydrogen-bond acceptors (Lipinski definition) is 6. The molecule has 7 nitrogen and oxygen atoms in total. The van der Waals surface area contributed by atoms with Crippen LogP contribution in [0.3, 0.4) is 0 Å². The Labute approximate surface area is 163 Å². The van der Waals surface area contributed by atoms with E-state index >= 15 is 0 Å². The number of aliphatic hydroxyl groups excluding tert-OH is 1. The van der Waals surface area contributed by atoms with Crippen LogP contribution in [0.25, 0.3) is 11.3 Å². The molecule has 0 amide bonds. The molecule has 144 valence electrons. The van der Waals surface area contributed by atoms with E-state index < -0.39 is 6.10 Å². The predicted octanol–water partition coefficient (Wildman–Crippen LogP) is 1.98. The highest BCUT2D eigenvalue weighted by molar-refractivity contribution is 5.59. The number of aliphatic hydroxyl groups is 1. The average Bonchev–Trinajstić information content (AvgIpc) is 3.10. The summed E-state index contributed by atoms with van der Waals surface area (Å²) in [4.78, 5) is 4.20. The van der Waals surface area contributed by atoms with Gasteiger partial charge in [-0.3, -0.25) is 0 Å². The first-order valence-corrected chi connectivity index (χ1v) is 9.29. The molecule has 2 heterocycles. The highest BCUT2D eigenvalue weighted by atomic mass is 16.5. The van der Waals surface area contributed by atoms with Crippen LogP contribution in [-0.4, -0.2) is 31.9 Å². The monoisotopic (exact) mass is 377 g/mol. The van der Waals surface area contributed by atoms with Crippen molar-refractivity contribution in [2.75, 3.05) is 6.54 Å². The lowest BCUT2D eigenvalue weighted by Gasteiger charge is -2.17. The van der Waals surface area contributed by atoms with Crippen molar-refractivity contribution < 1.29 is 9.63 Å². The molecular weight excluding hydrogens is 354 g/mol. The molecule has 0 radical (unpaired) electrons. The summed E-state index contributed by atoms with van der Waals surface area (Å²) in [6.45, 7) is 1.97. The molecule has 4 rings (SSSR count). The number of imidazole rings is 1. The first-order chi connectivity index (χ1) is 13.5. The summed E-state index contributed by atoms with van der Waals surface area (Å²) in [6.07, 6.45) is 4.65. The van der Waals surface area contributed by atoms with Crippen LogP contribution in [0.1, 0.15) is 49.0 Å². The lowest BCUT2D eigenvalue weighted by molar-refractivity contribution is 0.182. The van der Waals surface area contributed by atoms with Crippen molar-refractivity contribution in [2.24, 2.45) is 11.5 Å². The second kappa shape index (κ2) is 7.24. The SMILES string of the molecule is C[C@H](O)c1nccn1[C@H](CN)c1cc(-c2ccc(C#CC3(N)CC3)cc2)on1. The van der Waals surface area contributed by atoms with Gasteiger partial charge in [0.1, 0.15) is 17.6 Å². The fourth-order valence-electron chi connectivity index (χ4n) is 3.04. The molecule has 2 aromatic heterocycles. The Kier molecular flexibility index (Phi) is 4.77. The quantitative estimate of drug-likeness (QED) is 0.586. The summed E-state index contributed by atoms with van der Waals surface area (Å²) in [7, 11) is 0. The van der Waals surface area contributed by atoms with Crippen LogP contribution in [0, 0.1) is 11.8 Å². The Morgan fingerprint density at radius 3 is 2.71 bits per heavy atom.